The van der Waals surface area contributed by atoms with Gasteiger partial charge in [0.05, 0.1) is 18.2 Å². The number of nitrogens with one attached hydrogen (secondary N) is 3. The molecule has 1 amide bonds. The van der Waals surface area contributed by atoms with Gasteiger partial charge in [-0.1, -0.05) is 23.7 Å². The largest absolute Gasteiger partial charge is 0.308 e. The van der Waals surface area contributed by atoms with Crippen LogP contribution >= 0.6 is 11.6 Å². The van der Waals surface area contributed by atoms with E-state index in [1.807, 2.05) is 0 Å². The van der Waals surface area contributed by atoms with Gasteiger partial charge in [-0.3, -0.25) is 14.6 Å². The summed E-state index contributed by atoms with van der Waals surface area (Å²) in [7, 11) is -3.39. The molecule has 2 aromatic carbocycles. The highest BCUT2D eigenvalue weighted by atomic mass is 35.5. The Labute approximate surface area is 149 Å². The molecule has 0 bridgehead atoms. The van der Waals surface area contributed by atoms with Crippen LogP contribution in [0.15, 0.2) is 42.5 Å². The normalized spacial score (nSPS) is 11.4. The summed E-state index contributed by atoms with van der Waals surface area (Å²) in [6.45, 7) is 0. The number of benzene rings is 2. The lowest BCUT2D eigenvalue weighted by Gasteiger charge is -2.05. The standard InChI is InChI=1S/C16H15ClN4O3S/c1-25(23,24)21-12-6-7-14-13(9-12)16(20-19-14)18-15(22)8-10-2-4-11(17)5-3-10/h2-7,9,21H,8H2,1H3,(H2,18,19,20,22). The summed E-state index contributed by atoms with van der Waals surface area (Å²) in [5.74, 6) is 0.100. The summed E-state index contributed by atoms with van der Waals surface area (Å²) < 4.78 is 25.1. The number of rotatable bonds is 5. The zero-order valence-electron chi connectivity index (χ0n) is 13.2. The van der Waals surface area contributed by atoms with E-state index in [1.54, 1.807) is 42.5 Å². The van der Waals surface area contributed by atoms with Crippen molar-refractivity contribution in [3.63, 3.8) is 0 Å². The number of anilines is 2. The number of amides is 1. The van der Waals surface area contributed by atoms with Gasteiger partial charge in [0.1, 0.15) is 0 Å². The third-order valence-electron chi connectivity index (χ3n) is 3.40. The lowest BCUT2D eigenvalue weighted by Crippen LogP contribution is -2.15. The first-order chi connectivity index (χ1) is 11.8. The molecule has 0 saturated carbocycles. The number of sulfonamides is 1. The maximum Gasteiger partial charge on any atom is 0.230 e. The summed E-state index contributed by atoms with van der Waals surface area (Å²) in [6.07, 6.45) is 1.24. The van der Waals surface area contributed by atoms with Crippen LogP contribution in [0.2, 0.25) is 5.02 Å². The predicted octanol–water partition coefficient (Wildman–Crippen LogP) is 2.77. The van der Waals surface area contributed by atoms with Crippen molar-refractivity contribution < 1.29 is 13.2 Å². The van der Waals surface area contributed by atoms with E-state index in [1.165, 1.54) is 0 Å². The first kappa shape index (κ1) is 17.2. The van der Waals surface area contributed by atoms with Crippen LogP contribution in [0, 0.1) is 0 Å². The molecule has 0 aliphatic rings. The average Bonchev–Trinajstić information content (AvgIpc) is 2.90. The van der Waals surface area contributed by atoms with E-state index in [4.69, 9.17) is 11.6 Å². The van der Waals surface area contributed by atoms with Gasteiger partial charge in [0.15, 0.2) is 5.82 Å². The van der Waals surface area contributed by atoms with Crippen molar-refractivity contribution in [1.29, 1.82) is 0 Å². The number of aromatic nitrogens is 2. The third-order valence-corrected chi connectivity index (χ3v) is 4.26. The van der Waals surface area contributed by atoms with Crippen molar-refractivity contribution in [2.45, 2.75) is 6.42 Å². The van der Waals surface area contributed by atoms with Crippen LogP contribution in [-0.4, -0.2) is 30.8 Å². The molecule has 1 heterocycles. The lowest BCUT2D eigenvalue weighted by atomic mass is 10.1. The van der Waals surface area contributed by atoms with Gasteiger partial charge < -0.3 is 5.32 Å². The monoisotopic (exact) mass is 378 g/mol. The number of halogens is 1. The summed E-state index contributed by atoms with van der Waals surface area (Å²) in [5, 5.41) is 10.8. The molecule has 0 spiro atoms. The molecule has 0 saturated heterocycles. The molecule has 1 aromatic heterocycles. The molecule has 130 valence electrons. The minimum absolute atomic E-state index is 0.173. The van der Waals surface area contributed by atoms with Gasteiger partial charge in [0, 0.05) is 16.1 Å². The van der Waals surface area contributed by atoms with Crippen LogP contribution in [-0.2, 0) is 21.2 Å². The molecular weight excluding hydrogens is 364 g/mol. The number of carbonyl (C=O) groups is 1. The fourth-order valence-corrected chi connectivity index (χ4v) is 3.03. The summed E-state index contributed by atoms with van der Waals surface area (Å²) in [4.78, 5) is 12.2. The maximum atomic E-state index is 12.2. The van der Waals surface area contributed by atoms with Crippen LogP contribution in [0.1, 0.15) is 5.56 Å². The number of hydrogen-bond donors (Lipinski definition) is 3. The first-order valence-corrected chi connectivity index (χ1v) is 9.57. The topological polar surface area (TPSA) is 104 Å². The SMILES string of the molecule is CS(=O)(=O)Nc1ccc2[nH]nc(NC(=O)Cc3ccc(Cl)cc3)c2c1. The zero-order valence-corrected chi connectivity index (χ0v) is 14.8. The smallest absolute Gasteiger partial charge is 0.230 e. The highest BCUT2D eigenvalue weighted by Gasteiger charge is 2.12. The van der Waals surface area contributed by atoms with E-state index >= 15 is 0 Å². The summed E-state index contributed by atoms with van der Waals surface area (Å²) in [5.41, 5.74) is 1.90. The van der Waals surface area contributed by atoms with E-state index in [9.17, 15) is 13.2 Å². The second-order valence-electron chi connectivity index (χ2n) is 5.56. The van der Waals surface area contributed by atoms with Crippen LogP contribution in [0.4, 0.5) is 11.5 Å². The average molecular weight is 379 g/mol. The van der Waals surface area contributed by atoms with Gasteiger partial charge in [-0.05, 0) is 35.9 Å². The minimum atomic E-state index is -3.39. The van der Waals surface area contributed by atoms with E-state index in [-0.39, 0.29) is 12.3 Å². The molecule has 7 nitrogen and oxygen atoms in total. The van der Waals surface area contributed by atoms with Crippen molar-refractivity contribution in [2.24, 2.45) is 0 Å². The molecule has 3 N–H and O–H groups in total. The van der Waals surface area contributed by atoms with Gasteiger partial charge in [0.2, 0.25) is 15.9 Å². The number of hydrogen-bond acceptors (Lipinski definition) is 4. The minimum Gasteiger partial charge on any atom is -0.308 e. The van der Waals surface area contributed by atoms with Crippen molar-refractivity contribution in [3.8, 4) is 0 Å². The van der Waals surface area contributed by atoms with Crippen molar-refractivity contribution >= 4 is 49.9 Å². The Morgan fingerprint density at radius 2 is 1.92 bits per heavy atom. The van der Waals surface area contributed by atoms with Gasteiger partial charge in [-0.15, -0.1) is 0 Å². The van der Waals surface area contributed by atoms with Gasteiger partial charge >= 0.3 is 0 Å². The zero-order chi connectivity index (χ0) is 18.0. The van der Waals surface area contributed by atoms with Crippen molar-refractivity contribution in [3.05, 3.63) is 53.1 Å². The molecule has 25 heavy (non-hydrogen) atoms. The molecule has 0 unspecified atom stereocenters. The van der Waals surface area contributed by atoms with E-state index < -0.39 is 10.0 Å². The van der Waals surface area contributed by atoms with Gasteiger partial charge in [0.25, 0.3) is 0 Å². The molecule has 9 heteroatoms. The van der Waals surface area contributed by atoms with E-state index in [0.717, 1.165) is 11.8 Å². The number of aromatic amines is 1. The third kappa shape index (κ3) is 4.49. The Bertz CT molecular complexity index is 1030. The number of nitrogens with zero attached hydrogens (tertiary/aromatic N) is 1. The Morgan fingerprint density at radius 3 is 2.60 bits per heavy atom. The van der Waals surface area contributed by atoms with Crippen LogP contribution in [0.25, 0.3) is 10.9 Å². The second kappa shape index (κ2) is 6.73. The Morgan fingerprint density at radius 1 is 1.20 bits per heavy atom. The molecule has 0 fully saturated rings. The second-order valence-corrected chi connectivity index (χ2v) is 7.74. The lowest BCUT2D eigenvalue weighted by molar-refractivity contribution is -0.115. The van der Waals surface area contributed by atoms with E-state index in [2.05, 4.69) is 20.2 Å². The summed E-state index contributed by atoms with van der Waals surface area (Å²) >= 11 is 5.83. The van der Waals surface area contributed by atoms with Gasteiger partial charge in [-0.25, -0.2) is 8.42 Å². The molecule has 0 aliphatic carbocycles. The molecule has 3 rings (SSSR count). The van der Waals surface area contributed by atoms with Crippen LogP contribution in [0.3, 0.4) is 0 Å². The van der Waals surface area contributed by atoms with Crippen LogP contribution in [0.5, 0.6) is 0 Å². The van der Waals surface area contributed by atoms with Crippen molar-refractivity contribution in [1.82, 2.24) is 10.2 Å². The fourth-order valence-electron chi connectivity index (χ4n) is 2.35. The predicted molar refractivity (Wildman–Crippen MR) is 98.3 cm³/mol. The molecule has 3 aromatic rings. The highest BCUT2D eigenvalue weighted by Crippen LogP contribution is 2.24. The molecule has 0 aliphatic heterocycles. The number of carbonyl (C=O) groups excluding carboxylic acids is 1. The van der Waals surface area contributed by atoms with Gasteiger partial charge in [-0.2, -0.15) is 5.10 Å². The molecule has 0 atom stereocenters. The number of fused-ring (bicyclic) bond motifs is 1. The Hall–Kier alpha value is -2.58. The summed E-state index contributed by atoms with van der Waals surface area (Å²) in [6, 6.07) is 11.9. The van der Waals surface area contributed by atoms with Crippen molar-refractivity contribution in [2.75, 3.05) is 16.3 Å². The highest BCUT2D eigenvalue weighted by molar-refractivity contribution is 7.92. The van der Waals surface area contributed by atoms with Crippen LogP contribution < -0.4 is 10.0 Å². The maximum absolute atomic E-state index is 12.2. The number of H-pyrrole nitrogens is 1. The fraction of sp³-hybridized carbons (Fsp3) is 0.125. The Kier molecular flexibility index (Phi) is 4.65. The quantitative estimate of drug-likeness (QED) is 0.635. The van der Waals surface area contributed by atoms with E-state index in [0.29, 0.717) is 27.4 Å². The Balaban J connectivity index is 1.79. The molecular formula is C16H15ClN4O3S. The first-order valence-electron chi connectivity index (χ1n) is 7.30. The molecule has 0 radical (unpaired) electrons.